The molecule has 1 aromatic rings. The van der Waals surface area contributed by atoms with Gasteiger partial charge in [0, 0.05) is 34.1 Å². The average molecular weight is 374 g/mol. The molecule has 0 aliphatic carbocycles. The normalized spacial score (nSPS) is 12.2. The molecule has 1 rings (SSSR count). The van der Waals surface area contributed by atoms with E-state index in [1.807, 2.05) is 0 Å². The van der Waals surface area contributed by atoms with Crippen LogP contribution in [0.25, 0.3) is 0 Å². The summed E-state index contributed by atoms with van der Waals surface area (Å²) in [4.78, 5) is 11.7. The van der Waals surface area contributed by atoms with E-state index in [1.165, 1.54) is 0 Å². The summed E-state index contributed by atoms with van der Waals surface area (Å²) < 4.78 is 44.6. The van der Waals surface area contributed by atoms with Crippen LogP contribution in [0.3, 0.4) is 0 Å². The zero-order valence-electron chi connectivity index (χ0n) is 11.2. The van der Waals surface area contributed by atoms with Gasteiger partial charge in [-0.1, -0.05) is 11.6 Å². The Labute approximate surface area is 132 Å². The number of carbonyl (C=O) groups is 1. The van der Waals surface area contributed by atoms with Crippen LogP contribution in [0.4, 0.5) is 0 Å². The van der Waals surface area contributed by atoms with E-state index in [0.29, 0.717) is 5.56 Å². The highest BCUT2D eigenvalue weighted by Crippen LogP contribution is 2.26. The minimum absolute atomic E-state index is 0.0234. The second-order valence-corrected chi connectivity index (χ2v) is 9.63. The van der Waals surface area contributed by atoms with E-state index in [1.54, 1.807) is 6.92 Å². The highest BCUT2D eigenvalue weighted by molar-refractivity contribution is 8.13. The number of sulfone groups is 1. The summed E-state index contributed by atoms with van der Waals surface area (Å²) in [5, 5.41) is 2.46. The Kier molecular flexibility index (Phi) is 5.65. The summed E-state index contributed by atoms with van der Waals surface area (Å²) in [6, 6.07) is 2.24. The van der Waals surface area contributed by atoms with Crippen LogP contribution >= 0.6 is 22.3 Å². The third kappa shape index (κ3) is 5.46. The Balaban J connectivity index is 3.07. The molecule has 0 aliphatic rings. The summed E-state index contributed by atoms with van der Waals surface area (Å²) in [6.45, 7) is 1.45. The molecular weight excluding hydrogens is 361 g/mol. The minimum atomic E-state index is -4.03. The number of nitrogens with one attached hydrogen (secondary N) is 1. The standard InChI is InChI=1S/C11H13Cl2NO5S2/c1-7-9(11(15)14-3-4-20(2,16)17)5-8(6-10(7)12)21(13,18)19/h5-6H,3-4H2,1-2H3,(H,14,15). The fourth-order valence-corrected chi connectivity index (χ4v) is 3.02. The fraction of sp³-hybridized carbons (Fsp3) is 0.364. The Morgan fingerprint density at radius 2 is 1.81 bits per heavy atom. The first-order valence-corrected chi connectivity index (χ1v) is 10.4. The fourth-order valence-electron chi connectivity index (χ4n) is 1.48. The summed E-state index contributed by atoms with van der Waals surface area (Å²) in [6.07, 6.45) is 1.04. The summed E-state index contributed by atoms with van der Waals surface area (Å²) in [5.41, 5.74) is 0.396. The first-order valence-electron chi connectivity index (χ1n) is 5.62. The Morgan fingerprint density at radius 1 is 1.24 bits per heavy atom. The zero-order valence-corrected chi connectivity index (χ0v) is 14.3. The second-order valence-electron chi connectivity index (χ2n) is 4.40. The maximum atomic E-state index is 12.0. The lowest BCUT2D eigenvalue weighted by Crippen LogP contribution is -2.29. The van der Waals surface area contributed by atoms with Gasteiger partial charge in [0.15, 0.2) is 0 Å². The maximum Gasteiger partial charge on any atom is 0.261 e. The first-order chi connectivity index (χ1) is 9.42. The van der Waals surface area contributed by atoms with E-state index in [4.69, 9.17) is 22.3 Å². The summed E-state index contributed by atoms with van der Waals surface area (Å²) >= 11 is 5.88. The van der Waals surface area contributed by atoms with Gasteiger partial charge >= 0.3 is 0 Å². The third-order valence-corrected chi connectivity index (χ3v) is 5.27. The molecule has 0 atom stereocenters. The molecule has 1 N–H and O–H groups in total. The van der Waals surface area contributed by atoms with E-state index >= 15 is 0 Å². The van der Waals surface area contributed by atoms with Crippen molar-refractivity contribution in [3.63, 3.8) is 0 Å². The van der Waals surface area contributed by atoms with Crippen LogP contribution in [0, 0.1) is 6.92 Å². The molecule has 0 spiro atoms. The molecule has 0 aliphatic heterocycles. The molecule has 0 fully saturated rings. The number of amides is 1. The van der Waals surface area contributed by atoms with Gasteiger partial charge in [-0.3, -0.25) is 4.79 Å². The van der Waals surface area contributed by atoms with Gasteiger partial charge in [-0.05, 0) is 24.6 Å². The van der Waals surface area contributed by atoms with Gasteiger partial charge in [-0.2, -0.15) is 0 Å². The Hall–Kier alpha value is -0.830. The maximum absolute atomic E-state index is 12.0. The molecule has 1 amide bonds. The van der Waals surface area contributed by atoms with E-state index in [0.717, 1.165) is 18.4 Å². The summed E-state index contributed by atoms with van der Waals surface area (Å²) in [5.74, 6) is -0.848. The molecule has 0 radical (unpaired) electrons. The lowest BCUT2D eigenvalue weighted by molar-refractivity contribution is 0.0955. The van der Waals surface area contributed by atoms with Gasteiger partial charge in [0.05, 0.1) is 10.6 Å². The van der Waals surface area contributed by atoms with Crippen molar-refractivity contribution < 1.29 is 21.6 Å². The predicted octanol–water partition coefficient (Wildman–Crippen LogP) is 1.35. The third-order valence-electron chi connectivity index (χ3n) is 2.60. The van der Waals surface area contributed by atoms with Crippen molar-refractivity contribution in [2.45, 2.75) is 11.8 Å². The van der Waals surface area contributed by atoms with Crippen molar-refractivity contribution in [1.29, 1.82) is 0 Å². The first kappa shape index (κ1) is 18.2. The van der Waals surface area contributed by atoms with Gasteiger partial charge in [0.1, 0.15) is 9.84 Å². The average Bonchev–Trinajstić information content (AvgIpc) is 2.29. The SMILES string of the molecule is Cc1c(Cl)cc(S(=O)(=O)Cl)cc1C(=O)NCCS(C)(=O)=O. The van der Waals surface area contributed by atoms with E-state index in [-0.39, 0.29) is 27.8 Å². The van der Waals surface area contributed by atoms with Crippen LogP contribution < -0.4 is 5.32 Å². The molecule has 1 aromatic carbocycles. The van der Waals surface area contributed by atoms with Crippen LogP contribution in [-0.4, -0.2) is 41.3 Å². The predicted molar refractivity (Wildman–Crippen MR) is 81.3 cm³/mol. The largest absolute Gasteiger partial charge is 0.351 e. The lowest BCUT2D eigenvalue weighted by atomic mass is 10.1. The van der Waals surface area contributed by atoms with Crippen molar-refractivity contribution in [2.24, 2.45) is 0 Å². The molecule has 0 unspecified atom stereocenters. The molecule has 0 saturated heterocycles. The van der Waals surface area contributed by atoms with Crippen LogP contribution in [0.15, 0.2) is 17.0 Å². The summed E-state index contributed by atoms with van der Waals surface area (Å²) in [7, 11) is -2.01. The molecule has 0 bridgehead atoms. The van der Waals surface area contributed by atoms with Gasteiger partial charge in [0.2, 0.25) is 0 Å². The number of hydrogen-bond donors (Lipinski definition) is 1. The molecule has 118 valence electrons. The van der Waals surface area contributed by atoms with Gasteiger partial charge in [-0.25, -0.2) is 16.8 Å². The van der Waals surface area contributed by atoms with Gasteiger partial charge in [-0.15, -0.1) is 0 Å². The number of benzene rings is 1. The minimum Gasteiger partial charge on any atom is -0.351 e. The monoisotopic (exact) mass is 373 g/mol. The van der Waals surface area contributed by atoms with Crippen molar-refractivity contribution in [3.05, 3.63) is 28.3 Å². The van der Waals surface area contributed by atoms with Crippen molar-refractivity contribution in [1.82, 2.24) is 5.32 Å². The number of hydrogen-bond acceptors (Lipinski definition) is 5. The molecule has 10 heteroatoms. The smallest absolute Gasteiger partial charge is 0.261 e. The van der Waals surface area contributed by atoms with Crippen LogP contribution in [0.2, 0.25) is 5.02 Å². The van der Waals surface area contributed by atoms with E-state index in [2.05, 4.69) is 5.32 Å². The quantitative estimate of drug-likeness (QED) is 0.785. The van der Waals surface area contributed by atoms with Crippen LogP contribution in [-0.2, 0) is 18.9 Å². The van der Waals surface area contributed by atoms with Crippen LogP contribution in [0.1, 0.15) is 15.9 Å². The van der Waals surface area contributed by atoms with E-state index < -0.39 is 24.8 Å². The Morgan fingerprint density at radius 3 is 2.29 bits per heavy atom. The zero-order chi connectivity index (χ0) is 16.4. The topological polar surface area (TPSA) is 97.4 Å². The van der Waals surface area contributed by atoms with Crippen molar-refractivity contribution in [2.75, 3.05) is 18.6 Å². The molecular formula is C11H13Cl2NO5S2. The lowest BCUT2D eigenvalue weighted by Gasteiger charge is -2.10. The highest BCUT2D eigenvalue weighted by Gasteiger charge is 2.18. The van der Waals surface area contributed by atoms with Gasteiger partial charge < -0.3 is 5.32 Å². The van der Waals surface area contributed by atoms with Crippen LogP contribution in [0.5, 0.6) is 0 Å². The molecule has 0 aromatic heterocycles. The van der Waals surface area contributed by atoms with E-state index in [9.17, 15) is 21.6 Å². The second kappa shape index (κ2) is 6.51. The molecule has 6 nitrogen and oxygen atoms in total. The number of carbonyl (C=O) groups excluding carboxylic acids is 1. The van der Waals surface area contributed by atoms with Gasteiger partial charge in [0.25, 0.3) is 15.0 Å². The number of halogens is 2. The number of rotatable bonds is 5. The van der Waals surface area contributed by atoms with Crippen molar-refractivity contribution >= 4 is 47.1 Å². The molecule has 0 saturated carbocycles. The highest BCUT2D eigenvalue weighted by atomic mass is 35.7. The molecule has 0 heterocycles. The Bertz CT molecular complexity index is 772. The van der Waals surface area contributed by atoms with Crippen molar-refractivity contribution in [3.8, 4) is 0 Å². The molecule has 21 heavy (non-hydrogen) atoms.